The van der Waals surface area contributed by atoms with Gasteiger partial charge in [0.1, 0.15) is 0 Å². The van der Waals surface area contributed by atoms with Gasteiger partial charge in [0.2, 0.25) is 10.0 Å². The van der Waals surface area contributed by atoms with Crippen LogP contribution in [0.1, 0.15) is 41.8 Å². The van der Waals surface area contributed by atoms with Gasteiger partial charge in [-0.2, -0.15) is 4.31 Å². The van der Waals surface area contributed by atoms with Crippen LogP contribution in [0.3, 0.4) is 0 Å². The fourth-order valence-corrected chi connectivity index (χ4v) is 4.50. The minimum atomic E-state index is -3.64. The zero-order valence-electron chi connectivity index (χ0n) is 15.1. The zero-order valence-corrected chi connectivity index (χ0v) is 15.9. The van der Waals surface area contributed by atoms with E-state index in [1.807, 2.05) is 38.1 Å². The number of rotatable bonds is 5. The largest absolute Gasteiger partial charge is 0.350 e. The second-order valence-electron chi connectivity index (χ2n) is 6.67. The molecule has 26 heavy (non-hydrogen) atoms. The lowest BCUT2D eigenvalue weighted by Crippen LogP contribution is -2.36. The molecule has 2 aromatic carbocycles. The summed E-state index contributed by atoms with van der Waals surface area (Å²) in [5.74, 6) is -0.250. The lowest BCUT2D eigenvalue weighted by molar-refractivity contribution is 0.0939. The van der Waals surface area contributed by atoms with E-state index in [-0.39, 0.29) is 16.8 Å². The maximum Gasteiger partial charge on any atom is 0.251 e. The third-order valence-corrected chi connectivity index (χ3v) is 6.66. The van der Waals surface area contributed by atoms with Gasteiger partial charge in [-0.25, -0.2) is 8.42 Å². The van der Waals surface area contributed by atoms with Gasteiger partial charge < -0.3 is 5.32 Å². The smallest absolute Gasteiger partial charge is 0.251 e. The summed E-state index contributed by atoms with van der Waals surface area (Å²) in [6.07, 6.45) is 1.51. The lowest BCUT2D eigenvalue weighted by Gasteiger charge is -2.28. The zero-order chi connectivity index (χ0) is 18.7. The van der Waals surface area contributed by atoms with Crippen LogP contribution in [0.4, 0.5) is 0 Å². The van der Waals surface area contributed by atoms with E-state index in [9.17, 15) is 13.2 Å². The van der Waals surface area contributed by atoms with Gasteiger partial charge in [-0.3, -0.25) is 4.79 Å². The second-order valence-corrected chi connectivity index (χ2v) is 8.61. The van der Waals surface area contributed by atoms with Crippen LogP contribution in [-0.2, 0) is 23.0 Å². The molecule has 3 rings (SSSR count). The van der Waals surface area contributed by atoms with Gasteiger partial charge in [0, 0.05) is 24.7 Å². The quantitative estimate of drug-likeness (QED) is 0.877. The number of fused-ring (bicyclic) bond motifs is 1. The summed E-state index contributed by atoms with van der Waals surface area (Å²) in [7, 11) is -3.64. The number of nitrogens with one attached hydrogen (secondary N) is 1. The predicted octanol–water partition coefficient (Wildman–Crippen LogP) is 2.96. The molecule has 138 valence electrons. The SMILES string of the molecule is CCC(C)NC(=O)c1cccc(S(=O)(=O)N2CCc3ccccc3C2)c1. The van der Waals surface area contributed by atoms with E-state index in [1.54, 1.807) is 18.2 Å². The Labute approximate surface area is 155 Å². The molecule has 1 unspecified atom stereocenters. The van der Waals surface area contributed by atoms with Crippen LogP contribution in [0.25, 0.3) is 0 Å². The third-order valence-electron chi connectivity index (χ3n) is 4.82. The van der Waals surface area contributed by atoms with Crippen molar-refractivity contribution >= 4 is 15.9 Å². The van der Waals surface area contributed by atoms with Gasteiger partial charge in [-0.05, 0) is 49.1 Å². The summed E-state index contributed by atoms with van der Waals surface area (Å²) < 4.78 is 27.6. The van der Waals surface area contributed by atoms with Crippen molar-refractivity contribution in [3.05, 3.63) is 65.2 Å². The fraction of sp³-hybridized carbons (Fsp3) is 0.350. The van der Waals surface area contributed by atoms with Crippen molar-refractivity contribution in [1.82, 2.24) is 9.62 Å². The standard InChI is InChI=1S/C20H24N2O3S/c1-3-15(2)21-20(23)17-9-6-10-19(13-17)26(24,25)22-12-11-16-7-4-5-8-18(16)14-22/h4-10,13,15H,3,11-12,14H2,1-2H3,(H,21,23). The van der Waals surface area contributed by atoms with E-state index >= 15 is 0 Å². The molecule has 0 spiro atoms. The Morgan fingerprint density at radius 1 is 1.15 bits per heavy atom. The van der Waals surface area contributed by atoms with Crippen molar-refractivity contribution in [3.8, 4) is 0 Å². The molecular formula is C20H24N2O3S. The maximum atomic E-state index is 13.0. The Morgan fingerprint density at radius 2 is 1.88 bits per heavy atom. The molecule has 1 heterocycles. The Bertz CT molecular complexity index is 909. The molecule has 1 amide bonds. The number of hydrogen-bond acceptors (Lipinski definition) is 3. The maximum absolute atomic E-state index is 13.0. The Kier molecular flexibility index (Phi) is 5.44. The molecule has 1 atom stereocenters. The number of carbonyl (C=O) groups excluding carboxylic acids is 1. The number of benzene rings is 2. The van der Waals surface area contributed by atoms with E-state index in [2.05, 4.69) is 5.32 Å². The van der Waals surface area contributed by atoms with Gasteiger partial charge in [0.15, 0.2) is 0 Å². The number of carbonyl (C=O) groups is 1. The molecule has 0 fully saturated rings. The minimum Gasteiger partial charge on any atom is -0.350 e. The molecular weight excluding hydrogens is 348 g/mol. The molecule has 0 saturated heterocycles. The summed E-state index contributed by atoms with van der Waals surface area (Å²) in [5.41, 5.74) is 2.59. The van der Waals surface area contributed by atoms with Crippen LogP contribution in [0, 0.1) is 0 Å². The average Bonchev–Trinajstić information content (AvgIpc) is 2.67. The molecule has 0 radical (unpaired) electrons. The first-order valence-electron chi connectivity index (χ1n) is 8.89. The van der Waals surface area contributed by atoms with Crippen molar-refractivity contribution in [3.63, 3.8) is 0 Å². The van der Waals surface area contributed by atoms with Crippen LogP contribution >= 0.6 is 0 Å². The fourth-order valence-electron chi connectivity index (χ4n) is 3.03. The molecule has 1 aliphatic rings. The highest BCUT2D eigenvalue weighted by atomic mass is 32.2. The van der Waals surface area contributed by atoms with Gasteiger partial charge in [-0.1, -0.05) is 37.3 Å². The van der Waals surface area contributed by atoms with E-state index in [4.69, 9.17) is 0 Å². The summed E-state index contributed by atoms with van der Waals surface area (Å²) in [5, 5.41) is 2.87. The van der Waals surface area contributed by atoms with Crippen LogP contribution in [-0.4, -0.2) is 31.2 Å². The first-order valence-corrected chi connectivity index (χ1v) is 10.3. The van der Waals surface area contributed by atoms with Gasteiger partial charge in [0.05, 0.1) is 4.90 Å². The van der Waals surface area contributed by atoms with E-state index < -0.39 is 10.0 Å². The van der Waals surface area contributed by atoms with E-state index in [1.165, 1.54) is 15.9 Å². The molecule has 6 heteroatoms. The number of sulfonamides is 1. The first kappa shape index (κ1) is 18.6. The highest BCUT2D eigenvalue weighted by Crippen LogP contribution is 2.25. The average molecular weight is 372 g/mol. The van der Waals surface area contributed by atoms with E-state index in [0.717, 1.165) is 12.0 Å². The molecule has 5 nitrogen and oxygen atoms in total. The third kappa shape index (κ3) is 3.81. The molecule has 0 bridgehead atoms. The summed E-state index contributed by atoms with van der Waals surface area (Å²) in [4.78, 5) is 12.5. The highest BCUT2D eigenvalue weighted by Gasteiger charge is 2.28. The van der Waals surface area contributed by atoms with Crippen LogP contribution in [0.5, 0.6) is 0 Å². The highest BCUT2D eigenvalue weighted by molar-refractivity contribution is 7.89. The molecule has 0 saturated carbocycles. The van der Waals surface area contributed by atoms with Gasteiger partial charge in [-0.15, -0.1) is 0 Å². The van der Waals surface area contributed by atoms with E-state index in [0.29, 0.717) is 25.1 Å². The van der Waals surface area contributed by atoms with Crippen LogP contribution in [0.15, 0.2) is 53.4 Å². The molecule has 1 aliphatic heterocycles. The predicted molar refractivity (Wildman–Crippen MR) is 101 cm³/mol. The topological polar surface area (TPSA) is 66.5 Å². The Balaban J connectivity index is 1.84. The Hall–Kier alpha value is -2.18. The molecule has 0 aliphatic carbocycles. The summed E-state index contributed by atoms with van der Waals surface area (Å²) >= 11 is 0. The van der Waals surface area contributed by atoms with Gasteiger partial charge in [0.25, 0.3) is 5.91 Å². The van der Waals surface area contributed by atoms with Crippen molar-refractivity contribution in [2.75, 3.05) is 6.54 Å². The van der Waals surface area contributed by atoms with Crippen LogP contribution in [0.2, 0.25) is 0 Å². The minimum absolute atomic E-state index is 0.0429. The monoisotopic (exact) mass is 372 g/mol. The Morgan fingerprint density at radius 3 is 2.62 bits per heavy atom. The number of nitrogens with zero attached hydrogens (tertiary/aromatic N) is 1. The first-order chi connectivity index (χ1) is 12.4. The van der Waals surface area contributed by atoms with Crippen molar-refractivity contribution in [2.45, 2.75) is 44.2 Å². The summed E-state index contributed by atoms with van der Waals surface area (Å²) in [6.45, 7) is 4.72. The van der Waals surface area contributed by atoms with Crippen LogP contribution < -0.4 is 5.32 Å². The van der Waals surface area contributed by atoms with Gasteiger partial charge >= 0.3 is 0 Å². The summed E-state index contributed by atoms with van der Waals surface area (Å²) in [6, 6.07) is 14.2. The lowest BCUT2D eigenvalue weighted by atomic mass is 10.0. The number of hydrogen-bond donors (Lipinski definition) is 1. The number of amides is 1. The molecule has 2 aromatic rings. The normalized spacial score (nSPS) is 15.9. The molecule has 0 aromatic heterocycles. The second kappa shape index (κ2) is 7.60. The van der Waals surface area contributed by atoms with Crippen molar-refractivity contribution in [1.29, 1.82) is 0 Å². The molecule has 1 N–H and O–H groups in total. The van der Waals surface area contributed by atoms with Crippen molar-refractivity contribution < 1.29 is 13.2 Å². The van der Waals surface area contributed by atoms with Crippen molar-refractivity contribution in [2.24, 2.45) is 0 Å².